The van der Waals surface area contributed by atoms with Crippen molar-refractivity contribution in [2.24, 2.45) is 10.2 Å². The summed E-state index contributed by atoms with van der Waals surface area (Å²) in [5.74, 6) is -0.431. The Hall–Kier alpha value is -3.45. The summed E-state index contributed by atoms with van der Waals surface area (Å²) in [7, 11) is 3.77. The molecule has 3 aromatic rings. The lowest BCUT2D eigenvalue weighted by atomic mass is 9.99. The minimum atomic E-state index is -0.518. The van der Waals surface area contributed by atoms with E-state index in [0.717, 1.165) is 0 Å². The molecule has 0 aliphatic carbocycles. The zero-order valence-electron chi connectivity index (χ0n) is 16.4. The summed E-state index contributed by atoms with van der Waals surface area (Å²) >= 11 is 0. The van der Waals surface area contributed by atoms with Gasteiger partial charge in [0.15, 0.2) is 0 Å². The Morgan fingerprint density at radius 3 is 2.38 bits per heavy atom. The number of ether oxygens (including phenoxy) is 1. The van der Waals surface area contributed by atoms with Crippen LogP contribution >= 0.6 is 0 Å². The molecule has 0 aromatic heterocycles. The molecule has 150 valence electrons. The number of fused-ring (bicyclic) bond motifs is 2. The molecule has 7 nitrogen and oxygen atoms in total. The molecule has 0 spiro atoms. The normalized spacial score (nSPS) is 11.6. The molecule has 7 heteroatoms. The first-order valence-electron chi connectivity index (χ1n) is 9.12. The molecule has 2 N–H and O–H groups in total. The molecule has 0 radical (unpaired) electrons. The van der Waals surface area contributed by atoms with Crippen molar-refractivity contribution >= 4 is 33.2 Å². The zero-order chi connectivity index (χ0) is 21.0. The molecule has 0 unspecified atom stereocenters. The van der Waals surface area contributed by atoms with Gasteiger partial charge in [0.05, 0.1) is 23.2 Å². The monoisotopic (exact) mass is 393 g/mol. The first kappa shape index (κ1) is 20.3. The van der Waals surface area contributed by atoms with E-state index in [0.29, 0.717) is 33.8 Å². The second kappa shape index (κ2) is 8.70. The van der Waals surface area contributed by atoms with E-state index in [1.807, 2.05) is 19.0 Å². The van der Waals surface area contributed by atoms with Gasteiger partial charge in [0.25, 0.3) is 0 Å². The molecule has 0 heterocycles. The summed E-state index contributed by atoms with van der Waals surface area (Å²) in [5, 5.41) is 31.5. The lowest BCUT2D eigenvalue weighted by molar-refractivity contribution is -0.139. The number of nitrogens with zero attached hydrogens (tertiary/aromatic N) is 3. The summed E-state index contributed by atoms with van der Waals surface area (Å²) in [5.41, 5.74) is 0.570. The number of phenolic OH excluding ortho intramolecular Hbond substituents is 2. The third-order valence-electron chi connectivity index (χ3n) is 4.47. The average molecular weight is 393 g/mol. The molecular formula is C22H23N3O4. The largest absolute Gasteiger partial charge is 0.507 e. The molecule has 0 saturated carbocycles. The lowest BCUT2D eigenvalue weighted by Gasteiger charge is -2.11. The summed E-state index contributed by atoms with van der Waals surface area (Å²) < 4.78 is 5.12. The van der Waals surface area contributed by atoms with Gasteiger partial charge >= 0.3 is 5.97 Å². The highest BCUT2D eigenvalue weighted by molar-refractivity contribution is 6.14. The van der Waals surface area contributed by atoms with Gasteiger partial charge in [-0.05, 0) is 20.2 Å². The maximum Gasteiger partial charge on any atom is 0.335 e. The standard InChI is InChI=1S/C22H23N3O4/c1-14(22(28)29-12-11-25(2)3)13-23-24-18-10-6-9-17-19(18)21(27)16-8-5-4-7-15(16)20(17)26/h4-10,26-27H,1,11-13H2,2-3H3. The fourth-order valence-corrected chi connectivity index (χ4v) is 2.93. The van der Waals surface area contributed by atoms with Gasteiger partial charge in [-0.3, -0.25) is 0 Å². The van der Waals surface area contributed by atoms with Crippen LogP contribution < -0.4 is 0 Å². The summed E-state index contributed by atoms with van der Waals surface area (Å²) in [6.07, 6.45) is 0. The number of aromatic hydroxyl groups is 2. The van der Waals surface area contributed by atoms with Gasteiger partial charge in [-0.25, -0.2) is 4.79 Å². The van der Waals surface area contributed by atoms with Gasteiger partial charge in [0.1, 0.15) is 18.1 Å². The van der Waals surface area contributed by atoms with Crippen molar-refractivity contribution in [1.82, 2.24) is 4.90 Å². The van der Waals surface area contributed by atoms with Crippen LogP contribution in [0.4, 0.5) is 5.69 Å². The number of azo groups is 1. The number of esters is 1. The maximum atomic E-state index is 11.9. The third-order valence-corrected chi connectivity index (χ3v) is 4.47. The molecule has 0 bridgehead atoms. The van der Waals surface area contributed by atoms with Crippen LogP contribution in [-0.4, -0.2) is 54.9 Å². The predicted molar refractivity (Wildman–Crippen MR) is 113 cm³/mol. The number of carbonyl (C=O) groups excluding carboxylic acids is 1. The van der Waals surface area contributed by atoms with Crippen LogP contribution in [0.3, 0.4) is 0 Å². The Morgan fingerprint density at radius 1 is 1.03 bits per heavy atom. The summed E-state index contributed by atoms with van der Waals surface area (Å²) in [4.78, 5) is 13.8. The van der Waals surface area contributed by atoms with Crippen LogP contribution in [0.5, 0.6) is 11.5 Å². The van der Waals surface area contributed by atoms with Gasteiger partial charge in [0.2, 0.25) is 0 Å². The Labute approximate surface area is 168 Å². The van der Waals surface area contributed by atoms with Gasteiger partial charge in [-0.2, -0.15) is 10.2 Å². The maximum absolute atomic E-state index is 11.9. The second-order valence-electron chi connectivity index (χ2n) is 6.88. The molecule has 0 aliphatic rings. The van der Waals surface area contributed by atoms with Crippen LogP contribution in [0.25, 0.3) is 21.5 Å². The first-order chi connectivity index (χ1) is 13.9. The fraction of sp³-hybridized carbons (Fsp3) is 0.227. The van der Waals surface area contributed by atoms with Crippen LogP contribution in [0.15, 0.2) is 64.8 Å². The fourth-order valence-electron chi connectivity index (χ4n) is 2.93. The first-order valence-corrected chi connectivity index (χ1v) is 9.12. The molecule has 0 saturated heterocycles. The van der Waals surface area contributed by atoms with Crippen LogP contribution in [0, 0.1) is 0 Å². The van der Waals surface area contributed by atoms with Crippen LogP contribution in [0.2, 0.25) is 0 Å². The quantitative estimate of drug-likeness (QED) is 0.207. The van der Waals surface area contributed by atoms with E-state index in [9.17, 15) is 15.0 Å². The Balaban J connectivity index is 1.83. The molecule has 3 rings (SSSR count). The number of hydrogen-bond acceptors (Lipinski definition) is 7. The zero-order valence-corrected chi connectivity index (χ0v) is 16.4. The lowest BCUT2D eigenvalue weighted by Crippen LogP contribution is -2.21. The van der Waals surface area contributed by atoms with E-state index in [-0.39, 0.29) is 30.2 Å². The highest BCUT2D eigenvalue weighted by atomic mass is 16.5. The number of phenols is 2. The van der Waals surface area contributed by atoms with E-state index in [2.05, 4.69) is 16.8 Å². The van der Waals surface area contributed by atoms with Crippen molar-refractivity contribution in [3.8, 4) is 11.5 Å². The van der Waals surface area contributed by atoms with Crippen molar-refractivity contribution in [3.63, 3.8) is 0 Å². The van der Waals surface area contributed by atoms with E-state index >= 15 is 0 Å². The number of hydrogen-bond donors (Lipinski definition) is 2. The van der Waals surface area contributed by atoms with E-state index in [1.54, 1.807) is 42.5 Å². The Morgan fingerprint density at radius 2 is 1.69 bits per heavy atom. The Bertz CT molecular complexity index is 1110. The molecule has 3 aromatic carbocycles. The number of carbonyl (C=O) groups is 1. The highest BCUT2D eigenvalue weighted by Gasteiger charge is 2.15. The van der Waals surface area contributed by atoms with Crippen molar-refractivity contribution in [2.75, 3.05) is 33.8 Å². The van der Waals surface area contributed by atoms with Crippen molar-refractivity contribution in [3.05, 3.63) is 54.6 Å². The number of benzene rings is 3. The SMILES string of the molecule is C=C(CN=Nc1cccc2c(O)c3ccccc3c(O)c12)C(=O)OCCN(C)C. The minimum absolute atomic E-state index is 0.0184. The third kappa shape index (κ3) is 4.35. The van der Waals surface area contributed by atoms with Gasteiger partial charge in [-0.15, -0.1) is 0 Å². The minimum Gasteiger partial charge on any atom is -0.507 e. The van der Waals surface area contributed by atoms with Gasteiger partial charge < -0.3 is 19.8 Å². The molecule has 0 aliphatic heterocycles. The molecule has 29 heavy (non-hydrogen) atoms. The number of rotatable bonds is 7. The average Bonchev–Trinajstić information content (AvgIpc) is 2.71. The van der Waals surface area contributed by atoms with Gasteiger partial charge in [-0.1, -0.05) is 43.0 Å². The van der Waals surface area contributed by atoms with Crippen LogP contribution in [-0.2, 0) is 9.53 Å². The van der Waals surface area contributed by atoms with Crippen molar-refractivity contribution < 1.29 is 19.7 Å². The van der Waals surface area contributed by atoms with Crippen molar-refractivity contribution in [1.29, 1.82) is 0 Å². The summed E-state index contributed by atoms with van der Waals surface area (Å²) in [6, 6.07) is 12.1. The smallest absolute Gasteiger partial charge is 0.335 e. The predicted octanol–water partition coefficient (Wildman–Crippen LogP) is 4.15. The molecular weight excluding hydrogens is 370 g/mol. The van der Waals surface area contributed by atoms with Crippen LogP contribution in [0.1, 0.15) is 0 Å². The molecule has 0 atom stereocenters. The highest BCUT2D eigenvalue weighted by Crippen LogP contribution is 2.45. The second-order valence-corrected chi connectivity index (χ2v) is 6.88. The van der Waals surface area contributed by atoms with E-state index in [1.165, 1.54) is 0 Å². The molecule has 0 amide bonds. The topological polar surface area (TPSA) is 94.7 Å². The molecule has 0 fully saturated rings. The van der Waals surface area contributed by atoms with Crippen molar-refractivity contribution in [2.45, 2.75) is 0 Å². The van der Waals surface area contributed by atoms with E-state index < -0.39 is 5.97 Å². The summed E-state index contributed by atoms with van der Waals surface area (Å²) in [6.45, 7) is 4.54. The van der Waals surface area contributed by atoms with E-state index in [4.69, 9.17) is 4.74 Å². The number of likely N-dealkylation sites (N-methyl/N-ethyl adjacent to an activating group) is 1. The van der Waals surface area contributed by atoms with Gasteiger partial charge in [0, 0.05) is 22.7 Å². The Kier molecular flexibility index (Phi) is 6.09.